The third-order valence-corrected chi connectivity index (χ3v) is 8.76. The number of anilines is 1. The molecule has 3 aliphatic rings. The van der Waals surface area contributed by atoms with Crippen LogP contribution in [0.3, 0.4) is 0 Å². The lowest BCUT2D eigenvalue weighted by atomic mass is 9.42. The van der Waals surface area contributed by atoms with Gasteiger partial charge >= 0.3 is 0 Å². The Bertz CT molecular complexity index is 1250. The molecule has 0 radical (unpaired) electrons. The lowest BCUT2D eigenvalue weighted by Crippen LogP contribution is -2.79. The first-order valence-electron chi connectivity index (χ1n) is 12.0. The van der Waals surface area contributed by atoms with E-state index in [-0.39, 0.29) is 24.2 Å². The number of hydrogen-bond donors (Lipinski definition) is 2. The number of nitrogens with zero attached hydrogens (tertiary/aromatic N) is 2. The first kappa shape index (κ1) is 26.2. The number of hydrogen-bond acceptors (Lipinski definition) is 9. The molecule has 9 nitrogen and oxygen atoms in total. The third kappa shape index (κ3) is 2.99. The Morgan fingerprint density at radius 1 is 1.06 bits per heavy atom. The van der Waals surface area contributed by atoms with E-state index in [0.29, 0.717) is 11.1 Å². The summed E-state index contributed by atoms with van der Waals surface area (Å²) in [6.45, 7) is 6.04. The van der Waals surface area contributed by atoms with E-state index in [4.69, 9.17) is 0 Å². The largest absolute Gasteiger partial charge is 0.507 e. The van der Waals surface area contributed by atoms with Crippen LogP contribution < -0.4 is 4.90 Å². The van der Waals surface area contributed by atoms with Crippen molar-refractivity contribution in [3.05, 3.63) is 22.8 Å². The van der Waals surface area contributed by atoms with E-state index in [1.165, 1.54) is 11.8 Å². The first-order chi connectivity index (χ1) is 16.5. The fourth-order valence-electron chi connectivity index (χ4n) is 7.41. The van der Waals surface area contributed by atoms with E-state index in [2.05, 4.69) is 0 Å². The highest BCUT2D eigenvalue weighted by atomic mass is 16.3. The molecule has 0 aliphatic heterocycles. The molecular weight excluding hydrogens is 464 g/mol. The fourth-order valence-corrected chi connectivity index (χ4v) is 7.41. The number of aromatic hydroxyl groups is 1. The average molecular weight is 499 g/mol. The van der Waals surface area contributed by atoms with Gasteiger partial charge in [-0.3, -0.25) is 28.9 Å². The Balaban J connectivity index is 2.01. The molecule has 3 aliphatic carbocycles. The van der Waals surface area contributed by atoms with E-state index >= 15 is 0 Å². The number of rotatable bonds is 3. The SMILES string of the molecule is CC(=O)C1C(=O)C(N(C)C)[C@@]2(C)C[C@@]3(C)Cc4c(N(C)C)cc(C)c(O)c4C(=O)C3C(=O)[C@@]2(O)C1=O. The van der Waals surface area contributed by atoms with Crippen LogP contribution in [0.5, 0.6) is 5.75 Å². The predicted octanol–water partition coefficient (Wildman–Crippen LogP) is 1.13. The molecular formula is C27H34N2O7. The van der Waals surface area contributed by atoms with Crippen LogP contribution in [0.4, 0.5) is 5.69 Å². The van der Waals surface area contributed by atoms with E-state index in [9.17, 15) is 34.2 Å². The number of likely N-dealkylation sites (N-methyl/N-ethyl adjacent to an activating group) is 1. The number of benzene rings is 1. The summed E-state index contributed by atoms with van der Waals surface area (Å²) in [6, 6.07) is 0.675. The molecule has 9 heteroatoms. The zero-order valence-corrected chi connectivity index (χ0v) is 22.1. The molecule has 0 amide bonds. The van der Waals surface area contributed by atoms with Crippen LogP contribution in [0.15, 0.2) is 6.07 Å². The van der Waals surface area contributed by atoms with E-state index in [0.717, 1.165) is 12.6 Å². The molecule has 3 unspecified atom stereocenters. The molecule has 1 aromatic carbocycles. The molecule has 6 atom stereocenters. The minimum Gasteiger partial charge on any atom is -0.507 e. The van der Waals surface area contributed by atoms with Crippen LogP contribution in [0.25, 0.3) is 0 Å². The highest BCUT2D eigenvalue weighted by molar-refractivity contribution is 6.33. The average Bonchev–Trinajstić information content (AvgIpc) is 2.72. The van der Waals surface area contributed by atoms with E-state index < -0.39 is 63.2 Å². The quantitative estimate of drug-likeness (QED) is 0.589. The molecule has 2 saturated carbocycles. The lowest BCUT2D eigenvalue weighted by Gasteiger charge is -2.62. The van der Waals surface area contributed by atoms with Gasteiger partial charge in [0.1, 0.15) is 17.5 Å². The zero-order chi connectivity index (χ0) is 27.3. The van der Waals surface area contributed by atoms with E-state index in [1.54, 1.807) is 34.0 Å². The minimum absolute atomic E-state index is 0.00451. The van der Waals surface area contributed by atoms with Crippen molar-refractivity contribution < 1.29 is 34.2 Å². The molecule has 2 N–H and O–H groups in total. The van der Waals surface area contributed by atoms with Crippen molar-refractivity contribution in [3.63, 3.8) is 0 Å². The van der Waals surface area contributed by atoms with Gasteiger partial charge in [0.25, 0.3) is 0 Å². The summed E-state index contributed by atoms with van der Waals surface area (Å²) in [7, 11) is 6.85. The number of ketones is 5. The number of aliphatic hydroxyl groups is 1. The highest BCUT2D eigenvalue weighted by Gasteiger charge is 2.76. The number of carbonyl (C=O) groups excluding carboxylic acids is 5. The standard InChI is InChI=1S/C27H34N2O7/c1-12-9-15(28(5)6)14-10-25(3)11-26(4)22(29(7)8)21(33)16(13(2)30)23(34)27(26,36)24(35)18(25)20(32)17(14)19(12)31/h9,16,18,22,31,36H,10-11H2,1-8H3/t16?,18?,22?,25-,26-,27+/m1/s1. The van der Waals surface area contributed by atoms with Gasteiger partial charge in [-0.2, -0.15) is 0 Å². The maximum absolute atomic E-state index is 14.2. The molecule has 0 spiro atoms. The summed E-state index contributed by atoms with van der Waals surface area (Å²) in [4.78, 5) is 71.0. The van der Waals surface area contributed by atoms with Crippen molar-refractivity contribution in [2.24, 2.45) is 22.7 Å². The topological polar surface area (TPSA) is 132 Å². The van der Waals surface area contributed by atoms with Gasteiger partial charge in [-0.1, -0.05) is 13.8 Å². The monoisotopic (exact) mass is 498 g/mol. The van der Waals surface area contributed by atoms with Crippen LogP contribution in [-0.2, 0) is 25.6 Å². The Hall–Kier alpha value is -2.91. The molecule has 0 bridgehead atoms. The Morgan fingerprint density at radius 2 is 1.64 bits per heavy atom. The van der Waals surface area contributed by atoms with Gasteiger partial charge in [-0.25, -0.2) is 0 Å². The van der Waals surface area contributed by atoms with E-state index in [1.807, 2.05) is 19.0 Å². The maximum atomic E-state index is 14.2. The molecule has 0 saturated heterocycles. The van der Waals surface area contributed by atoms with Gasteiger partial charge in [0.05, 0.1) is 17.5 Å². The normalized spacial score (nSPS) is 35.9. The number of aryl methyl sites for hydroxylation is 1. The van der Waals surface area contributed by atoms with Crippen molar-refractivity contribution >= 4 is 34.6 Å². The third-order valence-electron chi connectivity index (χ3n) is 8.76. The minimum atomic E-state index is -2.71. The smallest absolute Gasteiger partial charge is 0.190 e. The molecule has 0 heterocycles. The molecule has 0 aromatic heterocycles. The van der Waals surface area contributed by atoms with Gasteiger partial charge < -0.3 is 15.1 Å². The number of carbonyl (C=O) groups is 5. The maximum Gasteiger partial charge on any atom is 0.190 e. The fraction of sp³-hybridized carbons (Fsp3) is 0.593. The summed E-state index contributed by atoms with van der Waals surface area (Å²) >= 11 is 0. The Morgan fingerprint density at radius 3 is 2.14 bits per heavy atom. The van der Waals surface area contributed by atoms with Gasteiger partial charge in [-0.15, -0.1) is 0 Å². The Labute approximate surface area is 210 Å². The van der Waals surface area contributed by atoms with Crippen molar-refractivity contribution in [2.45, 2.75) is 52.2 Å². The summed E-state index contributed by atoms with van der Waals surface area (Å²) in [5.41, 5.74) is -3.55. The van der Waals surface area contributed by atoms with Crippen molar-refractivity contribution in [2.75, 3.05) is 33.1 Å². The van der Waals surface area contributed by atoms with Crippen LogP contribution in [-0.4, -0.2) is 83.9 Å². The number of phenolic OH excluding ortho intramolecular Hbond substituents is 1. The van der Waals surface area contributed by atoms with Gasteiger partial charge in [0.15, 0.2) is 28.7 Å². The van der Waals surface area contributed by atoms with Gasteiger partial charge in [-0.05, 0) is 63.4 Å². The number of phenols is 1. The first-order valence-corrected chi connectivity index (χ1v) is 12.0. The second-order valence-corrected chi connectivity index (χ2v) is 11.8. The van der Waals surface area contributed by atoms with Crippen LogP contribution in [0.2, 0.25) is 0 Å². The molecule has 2 fully saturated rings. The number of fused-ring (bicyclic) bond motifs is 3. The van der Waals surface area contributed by atoms with Crippen LogP contribution >= 0.6 is 0 Å². The Kier molecular flexibility index (Phi) is 5.66. The van der Waals surface area contributed by atoms with Crippen molar-refractivity contribution in [1.82, 2.24) is 4.90 Å². The predicted molar refractivity (Wildman–Crippen MR) is 131 cm³/mol. The highest BCUT2D eigenvalue weighted by Crippen LogP contribution is 2.62. The van der Waals surface area contributed by atoms with Gasteiger partial charge in [0, 0.05) is 25.2 Å². The lowest BCUT2D eigenvalue weighted by molar-refractivity contribution is -0.202. The summed E-state index contributed by atoms with van der Waals surface area (Å²) in [6.07, 6.45) is 0.223. The summed E-state index contributed by atoms with van der Waals surface area (Å²) < 4.78 is 0. The van der Waals surface area contributed by atoms with Crippen LogP contribution in [0, 0.1) is 29.6 Å². The summed E-state index contributed by atoms with van der Waals surface area (Å²) in [5.74, 6) is -7.65. The molecule has 36 heavy (non-hydrogen) atoms. The van der Waals surface area contributed by atoms with Crippen molar-refractivity contribution in [3.8, 4) is 5.75 Å². The second kappa shape index (κ2) is 7.79. The van der Waals surface area contributed by atoms with Crippen molar-refractivity contribution in [1.29, 1.82) is 0 Å². The molecule has 194 valence electrons. The number of Topliss-reactive ketones (excluding diaryl/α,β-unsaturated/α-hetero) is 5. The summed E-state index contributed by atoms with van der Waals surface area (Å²) in [5, 5.41) is 22.8. The van der Waals surface area contributed by atoms with Gasteiger partial charge in [0.2, 0.25) is 0 Å². The second-order valence-electron chi connectivity index (χ2n) is 11.8. The molecule has 1 aromatic rings. The molecule has 4 rings (SSSR count). The van der Waals surface area contributed by atoms with Crippen LogP contribution in [0.1, 0.15) is 48.7 Å². The zero-order valence-electron chi connectivity index (χ0n) is 22.1.